The lowest BCUT2D eigenvalue weighted by atomic mass is 10.0. The molecule has 0 radical (unpaired) electrons. The summed E-state index contributed by atoms with van der Waals surface area (Å²) in [6, 6.07) is 0. The van der Waals surface area contributed by atoms with Gasteiger partial charge in [0, 0.05) is 38.5 Å². The average Bonchev–Trinajstić information content (AvgIpc) is 2.34. The highest BCUT2D eigenvalue weighted by Crippen LogP contribution is 2.30. The van der Waals surface area contributed by atoms with E-state index in [1.165, 1.54) is 0 Å². The van der Waals surface area contributed by atoms with Crippen LogP contribution >= 0.6 is 0 Å². The van der Waals surface area contributed by atoms with Gasteiger partial charge in [0.25, 0.3) is 0 Å². The van der Waals surface area contributed by atoms with Crippen LogP contribution in [0.2, 0.25) is 0 Å². The third-order valence-electron chi connectivity index (χ3n) is 3.02. The van der Waals surface area contributed by atoms with Crippen molar-refractivity contribution in [2.45, 2.75) is 57.4 Å². The molecule has 1 heterocycles. The van der Waals surface area contributed by atoms with E-state index in [0.717, 1.165) is 6.42 Å². The monoisotopic (exact) mass is 273 g/mol. The fourth-order valence-corrected chi connectivity index (χ4v) is 2.29. The normalized spacial score (nSPS) is 26.2. The summed E-state index contributed by atoms with van der Waals surface area (Å²) in [5.41, 5.74) is 8.29. The molecule has 1 fully saturated rings. The highest BCUT2D eigenvalue weighted by Gasteiger charge is 2.36. The summed E-state index contributed by atoms with van der Waals surface area (Å²) in [7, 11) is 3.22. The molecule has 7 heteroatoms. The molecule has 1 aliphatic heterocycles. The van der Waals surface area contributed by atoms with Crippen molar-refractivity contribution in [3.63, 3.8) is 0 Å². The lowest BCUT2D eigenvalue weighted by molar-refractivity contribution is -0.308. The van der Waals surface area contributed by atoms with Crippen LogP contribution < -0.4 is 0 Å². The molecule has 7 nitrogen and oxygen atoms in total. The number of azide groups is 1. The van der Waals surface area contributed by atoms with E-state index in [1.807, 2.05) is 13.8 Å². The molecule has 0 aromatic carbocycles. The Balaban J connectivity index is 2.54. The van der Waals surface area contributed by atoms with Crippen LogP contribution in [-0.4, -0.2) is 45.0 Å². The van der Waals surface area contributed by atoms with Crippen LogP contribution in [0.3, 0.4) is 0 Å². The highest BCUT2D eigenvalue weighted by molar-refractivity contribution is 4.78. The Kier molecular flexibility index (Phi) is 6.54. The first kappa shape index (κ1) is 16.2. The minimum absolute atomic E-state index is 0.00437. The van der Waals surface area contributed by atoms with Crippen LogP contribution in [0.15, 0.2) is 5.11 Å². The quantitative estimate of drug-likeness (QED) is 0.309. The Labute approximate surface area is 113 Å². The van der Waals surface area contributed by atoms with Gasteiger partial charge in [-0.2, -0.15) is 0 Å². The second-order valence-corrected chi connectivity index (χ2v) is 5.00. The van der Waals surface area contributed by atoms with Gasteiger partial charge in [-0.25, -0.2) is 0 Å². The first-order chi connectivity index (χ1) is 9.00. The maximum Gasteiger partial charge on any atom is 0.163 e. The van der Waals surface area contributed by atoms with Crippen LogP contribution in [0, 0.1) is 0 Å². The minimum atomic E-state index is -0.643. The lowest BCUT2D eigenvalue weighted by Crippen LogP contribution is -2.46. The molecule has 0 aromatic rings. The van der Waals surface area contributed by atoms with Gasteiger partial charge in [0.05, 0.1) is 12.2 Å². The Morgan fingerprint density at radius 2 is 1.95 bits per heavy atom. The molecule has 0 unspecified atom stereocenters. The number of hydrogen-bond acceptors (Lipinski definition) is 5. The molecule has 1 saturated heterocycles. The number of methoxy groups -OCH3 is 2. The van der Waals surface area contributed by atoms with Gasteiger partial charge in [-0.05, 0) is 25.8 Å². The topological polar surface area (TPSA) is 85.7 Å². The molecule has 1 rings (SSSR count). The van der Waals surface area contributed by atoms with Crippen molar-refractivity contribution in [1.29, 1.82) is 0 Å². The molecule has 0 bridgehead atoms. The summed E-state index contributed by atoms with van der Waals surface area (Å²) >= 11 is 0. The summed E-state index contributed by atoms with van der Waals surface area (Å²) < 4.78 is 22.1. The van der Waals surface area contributed by atoms with Gasteiger partial charge in [-0.3, -0.25) is 0 Å². The van der Waals surface area contributed by atoms with Gasteiger partial charge in [0.15, 0.2) is 12.1 Å². The molecule has 0 N–H and O–H groups in total. The Morgan fingerprint density at radius 1 is 1.32 bits per heavy atom. The van der Waals surface area contributed by atoms with Crippen molar-refractivity contribution in [1.82, 2.24) is 0 Å². The van der Waals surface area contributed by atoms with Crippen molar-refractivity contribution in [3.8, 4) is 0 Å². The summed E-state index contributed by atoms with van der Waals surface area (Å²) in [5.74, 6) is -0.643. The number of rotatable bonds is 7. The van der Waals surface area contributed by atoms with Crippen LogP contribution in [-0.2, 0) is 18.9 Å². The van der Waals surface area contributed by atoms with E-state index in [2.05, 4.69) is 10.0 Å². The van der Waals surface area contributed by atoms with E-state index in [0.29, 0.717) is 19.4 Å². The standard InChI is InChI=1S/C12H23N3O4/c1-12(2)18-9(5-6-14-15-13)7-10(19-12)8-11(16-3)17-4/h9-11H,5-8H2,1-4H3/t9-,10-/m1/s1. The van der Waals surface area contributed by atoms with Crippen LogP contribution in [0.5, 0.6) is 0 Å². The zero-order valence-corrected chi connectivity index (χ0v) is 12.0. The Morgan fingerprint density at radius 3 is 2.53 bits per heavy atom. The van der Waals surface area contributed by atoms with Crippen molar-refractivity contribution in [3.05, 3.63) is 10.4 Å². The highest BCUT2D eigenvalue weighted by atomic mass is 16.7. The smallest absolute Gasteiger partial charge is 0.163 e. The van der Waals surface area contributed by atoms with Gasteiger partial charge in [-0.15, -0.1) is 0 Å². The fraction of sp³-hybridized carbons (Fsp3) is 1.00. The summed E-state index contributed by atoms with van der Waals surface area (Å²) in [5, 5.41) is 3.54. The van der Waals surface area contributed by atoms with E-state index in [4.69, 9.17) is 24.5 Å². The van der Waals surface area contributed by atoms with E-state index >= 15 is 0 Å². The molecule has 0 aliphatic carbocycles. The van der Waals surface area contributed by atoms with Crippen molar-refractivity contribution < 1.29 is 18.9 Å². The minimum Gasteiger partial charge on any atom is -0.356 e. The molecule has 1 aliphatic rings. The van der Waals surface area contributed by atoms with E-state index < -0.39 is 5.79 Å². The summed E-state index contributed by atoms with van der Waals surface area (Å²) in [6.07, 6.45) is 1.83. The third kappa shape index (κ3) is 5.76. The molecule has 19 heavy (non-hydrogen) atoms. The average molecular weight is 273 g/mol. The Bertz CT molecular complexity index is 314. The first-order valence-electron chi connectivity index (χ1n) is 6.43. The second-order valence-electron chi connectivity index (χ2n) is 5.00. The van der Waals surface area contributed by atoms with Crippen LogP contribution in [0.1, 0.15) is 33.1 Å². The maximum atomic E-state index is 8.29. The summed E-state index contributed by atoms with van der Waals surface area (Å²) in [6.45, 7) is 4.20. The fourth-order valence-electron chi connectivity index (χ4n) is 2.29. The van der Waals surface area contributed by atoms with Gasteiger partial charge in [0.2, 0.25) is 0 Å². The van der Waals surface area contributed by atoms with Gasteiger partial charge in [0.1, 0.15) is 0 Å². The largest absolute Gasteiger partial charge is 0.356 e. The van der Waals surface area contributed by atoms with Gasteiger partial charge in [-0.1, -0.05) is 5.11 Å². The SMILES string of the molecule is COC(C[C@H]1C[C@@H](CCN=[N+]=[N-])OC(C)(C)O1)OC. The van der Waals surface area contributed by atoms with E-state index in [1.54, 1.807) is 14.2 Å². The summed E-state index contributed by atoms with van der Waals surface area (Å²) in [4.78, 5) is 2.75. The Hall–Kier alpha value is -0.850. The van der Waals surface area contributed by atoms with Gasteiger partial charge < -0.3 is 18.9 Å². The van der Waals surface area contributed by atoms with E-state index in [-0.39, 0.29) is 18.5 Å². The third-order valence-corrected chi connectivity index (χ3v) is 3.02. The molecule has 0 aromatic heterocycles. The molecule has 2 atom stereocenters. The molecule has 0 saturated carbocycles. The number of hydrogen-bond donors (Lipinski definition) is 0. The van der Waals surface area contributed by atoms with Crippen LogP contribution in [0.25, 0.3) is 10.4 Å². The molecule has 0 spiro atoms. The molecular formula is C12H23N3O4. The molecular weight excluding hydrogens is 250 g/mol. The zero-order valence-electron chi connectivity index (χ0n) is 12.0. The molecule has 110 valence electrons. The predicted molar refractivity (Wildman–Crippen MR) is 69.5 cm³/mol. The second kappa shape index (κ2) is 7.67. The first-order valence-corrected chi connectivity index (χ1v) is 6.43. The van der Waals surface area contributed by atoms with Gasteiger partial charge >= 0.3 is 0 Å². The van der Waals surface area contributed by atoms with E-state index in [9.17, 15) is 0 Å². The van der Waals surface area contributed by atoms with Crippen LogP contribution in [0.4, 0.5) is 0 Å². The number of ether oxygens (including phenoxy) is 4. The van der Waals surface area contributed by atoms with Crippen molar-refractivity contribution in [2.75, 3.05) is 20.8 Å². The molecule has 0 amide bonds. The lowest BCUT2D eigenvalue weighted by Gasteiger charge is -2.41. The van der Waals surface area contributed by atoms with Crippen molar-refractivity contribution in [2.24, 2.45) is 5.11 Å². The maximum absolute atomic E-state index is 8.29. The zero-order chi connectivity index (χ0) is 14.3. The predicted octanol–water partition coefficient (Wildman–Crippen LogP) is 2.61. The van der Waals surface area contributed by atoms with Crippen molar-refractivity contribution >= 4 is 0 Å². The number of nitrogens with zero attached hydrogens (tertiary/aromatic N) is 3.